The van der Waals surface area contributed by atoms with Gasteiger partial charge in [0, 0.05) is 26.0 Å². The lowest BCUT2D eigenvalue weighted by atomic mass is 10.3. The van der Waals surface area contributed by atoms with Crippen molar-refractivity contribution in [3.8, 4) is 11.5 Å². The quantitative estimate of drug-likeness (QED) is 0.472. The van der Waals surface area contributed by atoms with Crippen molar-refractivity contribution < 1.29 is 23.5 Å². The minimum Gasteiger partial charge on any atom is -0.425 e. The van der Waals surface area contributed by atoms with Gasteiger partial charge in [-0.15, -0.1) is 0 Å². The van der Waals surface area contributed by atoms with Crippen molar-refractivity contribution in [3.63, 3.8) is 0 Å². The fraction of sp³-hybridized carbons (Fsp3) is 0.200. The number of halogens is 2. The number of ether oxygens (including phenoxy) is 2. The van der Waals surface area contributed by atoms with Gasteiger partial charge in [0.05, 0.1) is 3.57 Å². The first-order valence-electron chi connectivity index (χ1n) is 4.26. The lowest BCUT2D eigenvalue weighted by Crippen LogP contribution is -2.07. The van der Waals surface area contributed by atoms with Gasteiger partial charge in [-0.05, 0) is 22.6 Å². The summed E-state index contributed by atoms with van der Waals surface area (Å²) in [6, 6.07) is 2.10. The summed E-state index contributed by atoms with van der Waals surface area (Å²) >= 11 is 1.80. The smallest absolute Gasteiger partial charge is 0.308 e. The summed E-state index contributed by atoms with van der Waals surface area (Å²) in [6.07, 6.45) is 0. The van der Waals surface area contributed by atoms with Gasteiger partial charge < -0.3 is 9.47 Å². The Morgan fingerprint density at radius 3 is 1.81 bits per heavy atom. The van der Waals surface area contributed by atoms with Crippen LogP contribution < -0.4 is 9.47 Å². The van der Waals surface area contributed by atoms with Gasteiger partial charge in [-0.2, -0.15) is 0 Å². The standard InChI is InChI=1S/C10H8FIO4/c1-5(13)15-8-3-7(11)4-9(10(8)12)16-6(2)14/h3-4H,1-2H3. The van der Waals surface area contributed by atoms with Crippen LogP contribution in [0.15, 0.2) is 12.1 Å². The first-order valence-corrected chi connectivity index (χ1v) is 5.34. The van der Waals surface area contributed by atoms with Gasteiger partial charge in [-0.1, -0.05) is 0 Å². The van der Waals surface area contributed by atoms with Gasteiger partial charge in [0.15, 0.2) is 11.5 Å². The molecule has 0 aliphatic rings. The van der Waals surface area contributed by atoms with E-state index in [2.05, 4.69) is 0 Å². The predicted octanol–water partition coefficient (Wildman–Crippen LogP) is 2.28. The molecule has 0 fully saturated rings. The highest BCUT2D eigenvalue weighted by atomic mass is 127. The van der Waals surface area contributed by atoms with Gasteiger partial charge in [-0.3, -0.25) is 9.59 Å². The van der Waals surface area contributed by atoms with Crippen molar-refractivity contribution >= 4 is 34.5 Å². The molecular weight excluding hydrogens is 330 g/mol. The average molecular weight is 338 g/mol. The molecule has 6 heteroatoms. The van der Waals surface area contributed by atoms with Crippen LogP contribution in [0.2, 0.25) is 0 Å². The molecule has 0 radical (unpaired) electrons. The highest BCUT2D eigenvalue weighted by molar-refractivity contribution is 14.1. The van der Waals surface area contributed by atoms with Crippen molar-refractivity contribution in [1.82, 2.24) is 0 Å². The third-order valence-corrected chi connectivity index (χ3v) is 2.54. The average Bonchev–Trinajstić information content (AvgIpc) is 2.11. The molecule has 0 atom stereocenters. The Kier molecular flexibility index (Phi) is 4.22. The van der Waals surface area contributed by atoms with E-state index in [1.54, 1.807) is 22.6 Å². The number of carbonyl (C=O) groups is 2. The Bertz CT molecular complexity index is 407. The van der Waals surface area contributed by atoms with E-state index in [0.717, 1.165) is 12.1 Å². The Morgan fingerprint density at radius 2 is 1.50 bits per heavy atom. The Morgan fingerprint density at radius 1 is 1.12 bits per heavy atom. The Balaban J connectivity index is 3.14. The molecule has 0 aliphatic heterocycles. The predicted molar refractivity (Wildman–Crippen MR) is 61.7 cm³/mol. The van der Waals surface area contributed by atoms with Crippen LogP contribution in [0.3, 0.4) is 0 Å². The molecule has 0 saturated heterocycles. The van der Waals surface area contributed by atoms with E-state index in [1.807, 2.05) is 0 Å². The maximum absolute atomic E-state index is 13.1. The molecular formula is C10H8FIO4. The number of esters is 2. The van der Waals surface area contributed by atoms with Crippen LogP contribution >= 0.6 is 22.6 Å². The molecule has 0 bridgehead atoms. The second-order valence-corrected chi connectivity index (χ2v) is 3.98. The molecule has 1 rings (SSSR count). The van der Waals surface area contributed by atoms with Crippen LogP contribution in [0, 0.1) is 9.39 Å². The third kappa shape index (κ3) is 3.44. The van der Waals surface area contributed by atoms with E-state index in [9.17, 15) is 14.0 Å². The monoisotopic (exact) mass is 338 g/mol. The molecule has 0 aliphatic carbocycles. The summed E-state index contributed by atoms with van der Waals surface area (Å²) in [6.45, 7) is 2.40. The summed E-state index contributed by atoms with van der Waals surface area (Å²) in [7, 11) is 0. The normalized spacial score (nSPS) is 9.75. The summed E-state index contributed by atoms with van der Waals surface area (Å²) in [5, 5.41) is 0. The fourth-order valence-electron chi connectivity index (χ4n) is 0.999. The third-order valence-electron chi connectivity index (χ3n) is 1.48. The first-order chi connectivity index (χ1) is 7.40. The summed E-state index contributed by atoms with van der Waals surface area (Å²) in [5.74, 6) is -1.73. The number of hydrogen-bond donors (Lipinski definition) is 0. The first kappa shape index (κ1) is 12.9. The molecule has 86 valence electrons. The van der Waals surface area contributed by atoms with E-state index in [1.165, 1.54) is 13.8 Å². The number of benzene rings is 1. The molecule has 1 aromatic carbocycles. The number of rotatable bonds is 2. The Hall–Kier alpha value is -1.18. The second kappa shape index (κ2) is 5.24. The van der Waals surface area contributed by atoms with Crippen molar-refractivity contribution in [2.75, 3.05) is 0 Å². The van der Waals surface area contributed by atoms with Gasteiger partial charge in [-0.25, -0.2) is 4.39 Å². The zero-order valence-corrected chi connectivity index (χ0v) is 10.7. The second-order valence-electron chi connectivity index (χ2n) is 2.90. The number of hydrogen-bond acceptors (Lipinski definition) is 4. The van der Waals surface area contributed by atoms with Crippen molar-refractivity contribution in [2.24, 2.45) is 0 Å². The van der Waals surface area contributed by atoms with Gasteiger partial charge in [0.25, 0.3) is 0 Å². The van der Waals surface area contributed by atoms with Crippen LogP contribution in [-0.2, 0) is 9.59 Å². The van der Waals surface area contributed by atoms with E-state index < -0.39 is 17.8 Å². The van der Waals surface area contributed by atoms with Gasteiger partial charge in [0.1, 0.15) is 5.82 Å². The Labute approximate surface area is 105 Å². The van der Waals surface area contributed by atoms with Crippen molar-refractivity contribution in [3.05, 3.63) is 21.5 Å². The molecule has 0 spiro atoms. The maximum atomic E-state index is 13.1. The van der Waals surface area contributed by atoms with Gasteiger partial charge >= 0.3 is 11.9 Å². The van der Waals surface area contributed by atoms with E-state index in [4.69, 9.17) is 9.47 Å². The topological polar surface area (TPSA) is 52.6 Å². The highest BCUT2D eigenvalue weighted by Crippen LogP contribution is 2.31. The van der Waals surface area contributed by atoms with Crippen LogP contribution in [0.4, 0.5) is 4.39 Å². The zero-order valence-electron chi connectivity index (χ0n) is 8.54. The van der Waals surface area contributed by atoms with E-state index in [-0.39, 0.29) is 11.5 Å². The molecule has 0 N–H and O–H groups in total. The van der Waals surface area contributed by atoms with E-state index in [0.29, 0.717) is 3.57 Å². The summed E-state index contributed by atoms with van der Waals surface area (Å²) < 4.78 is 23.0. The van der Waals surface area contributed by atoms with Crippen LogP contribution in [0.25, 0.3) is 0 Å². The zero-order chi connectivity index (χ0) is 12.3. The minimum atomic E-state index is -0.645. The van der Waals surface area contributed by atoms with E-state index >= 15 is 0 Å². The molecule has 0 aromatic heterocycles. The molecule has 4 nitrogen and oxygen atoms in total. The molecule has 0 amide bonds. The maximum Gasteiger partial charge on any atom is 0.308 e. The summed E-state index contributed by atoms with van der Waals surface area (Å²) in [5.41, 5.74) is 0. The molecule has 0 saturated carbocycles. The molecule has 0 unspecified atom stereocenters. The highest BCUT2D eigenvalue weighted by Gasteiger charge is 2.14. The lowest BCUT2D eigenvalue weighted by molar-refractivity contribution is -0.132. The van der Waals surface area contributed by atoms with Gasteiger partial charge in [0.2, 0.25) is 0 Å². The minimum absolute atomic E-state index is 0.0318. The van der Waals surface area contributed by atoms with Crippen molar-refractivity contribution in [2.45, 2.75) is 13.8 Å². The largest absolute Gasteiger partial charge is 0.425 e. The number of carbonyl (C=O) groups excluding carboxylic acids is 2. The molecule has 16 heavy (non-hydrogen) atoms. The SMILES string of the molecule is CC(=O)Oc1cc(F)cc(OC(C)=O)c1I. The lowest BCUT2D eigenvalue weighted by Gasteiger charge is -2.09. The summed E-state index contributed by atoms with van der Waals surface area (Å²) in [4.78, 5) is 21.5. The van der Waals surface area contributed by atoms with Crippen LogP contribution in [-0.4, -0.2) is 11.9 Å². The molecule has 1 aromatic rings. The van der Waals surface area contributed by atoms with Crippen LogP contribution in [0.5, 0.6) is 11.5 Å². The van der Waals surface area contributed by atoms with Crippen LogP contribution in [0.1, 0.15) is 13.8 Å². The van der Waals surface area contributed by atoms with Crippen molar-refractivity contribution in [1.29, 1.82) is 0 Å². The fourth-order valence-corrected chi connectivity index (χ4v) is 1.53. The molecule has 0 heterocycles.